The molecule has 0 N–H and O–H groups in total. The van der Waals surface area contributed by atoms with Crippen LogP contribution in [0, 0.1) is 5.92 Å². The summed E-state index contributed by atoms with van der Waals surface area (Å²) in [4.78, 5) is 2.42. The van der Waals surface area contributed by atoms with Gasteiger partial charge in [0.25, 0.3) is 0 Å². The number of ether oxygens (including phenoxy) is 1. The van der Waals surface area contributed by atoms with Gasteiger partial charge < -0.3 is 9.15 Å². The van der Waals surface area contributed by atoms with E-state index in [2.05, 4.69) is 10.00 Å². The van der Waals surface area contributed by atoms with Gasteiger partial charge in [0, 0.05) is 43.9 Å². The topological polar surface area (TPSA) is 43.4 Å². The first kappa shape index (κ1) is 14.0. The molecule has 5 heteroatoms. The van der Waals surface area contributed by atoms with Crippen molar-refractivity contribution in [1.82, 2.24) is 14.7 Å². The van der Waals surface area contributed by atoms with Crippen LogP contribution in [0.4, 0.5) is 0 Å². The zero-order chi connectivity index (χ0) is 14.9. The van der Waals surface area contributed by atoms with Gasteiger partial charge >= 0.3 is 0 Å². The monoisotopic (exact) mass is 301 g/mol. The Morgan fingerprint density at radius 1 is 1.36 bits per heavy atom. The molecular weight excluding hydrogens is 278 g/mol. The normalized spacial score (nSPS) is 22.0. The van der Waals surface area contributed by atoms with Gasteiger partial charge in [0.15, 0.2) is 0 Å². The summed E-state index contributed by atoms with van der Waals surface area (Å²) in [6, 6.07) is 3.99. The van der Waals surface area contributed by atoms with E-state index in [0.717, 1.165) is 44.5 Å². The lowest BCUT2D eigenvalue weighted by Crippen LogP contribution is -2.35. The van der Waals surface area contributed by atoms with Crippen molar-refractivity contribution < 1.29 is 9.15 Å². The number of nitrogens with zero attached hydrogens (tertiary/aromatic N) is 3. The van der Waals surface area contributed by atoms with Crippen molar-refractivity contribution in [2.24, 2.45) is 13.0 Å². The molecule has 1 aliphatic heterocycles. The van der Waals surface area contributed by atoms with Gasteiger partial charge in [-0.25, -0.2) is 0 Å². The van der Waals surface area contributed by atoms with E-state index in [1.165, 1.54) is 24.1 Å². The zero-order valence-electron chi connectivity index (χ0n) is 13.1. The Kier molecular flexibility index (Phi) is 3.76. The van der Waals surface area contributed by atoms with Crippen molar-refractivity contribution in [3.05, 3.63) is 41.6 Å². The lowest BCUT2D eigenvalue weighted by Gasteiger charge is -2.32. The maximum Gasteiger partial charge on any atom is 0.117 e. The molecule has 22 heavy (non-hydrogen) atoms. The molecule has 4 rings (SSSR count). The maximum atomic E-state index is 5.97. The quantitative estimate of drug-likeness (QED) is 0.822. The second-order valence-electron chi connectivity index (χ2n) is 6.61. The van der Waals surface area contributed by atoms with E-state index in [4.69, 9.17) is 9.15 Å². The van der Waals surface area contributed by atoms with Crippen LogP contribution in [0.3, 0.4) is 0 Å². The van der Waals surface area contributed by atoms with Crippen molar-refractivity contribution >= 4 is 0 Å². The summed E-state index contributed by atoms with van der Waals surface area (Å²) in [7, 11) is 2.04. The van der Waals surface area contributed by atoms with Crippen molar-refractivity contribution in [2.75, 3.05) is 19.8 Å². The molecule has 3 heterocycles. The number of hydrogen-bond acceptors (Lipinski definition) is 4. The highest BCUT2D eigenvalue weighted by Crippen LogP contribution is 2.32. The Morgan fingerprint density at radius 2 is 2.27 bits per heavy atom. The molecule has 118 valence electrons. The molecule has 1 aliphatic carbocycles. The van der Waals surface area contributed by atoms with Gasteiger partial charge in [0.2, 0.25) is 0 Å². The molecule has 0 spiro atoms. The van der Waals surface area contributed by atoms with Gasteiger partial charge in [-0.15, -0.1) is 0 Å². The fourth-order valence-corrected chi connectivity index (χ4v) is 3.38. The molecule has 5 nitrogen and oxygen atoms in total. The Labute approximate surface area is 130 Å². The van der Waals surface area contributed by atoms with Gasteiger partial charge in [0.05, 0.1) is 25.6 Å². The van der Waals surface area contributed by atoms with Crippen LogP contribution >= 0.6 is 0 Å². The Balaban J connectivity index is 1.46. The molecule has 0 radical (unpaired) electrons. The smallest absolute Gasteiger partial charge is 0.117 e. The summed E-state index contributed by atoms with van der Waals surface area (Å²) in [6.07, 6.45) is 6.42. The van der Waals surface area contributed by atoms with Crippen molar-refractivity contribution in [1.29, 1.82) is 0 Å². The van der Waals surface area contributed by atoms with Gasteiger partial charge in [-0.05, 0) is 30.9 Å². The zero-order valence-corrected chi connectivity index (χ0v) is 13.1. The SMILES string of the molecule is Cn1ncc2c1[C@@H](COCC1CC1)CN(Cc1ccco1)C2. The van der Waals surface area contributed by atoms with Gasteiger partial charge in [-0.1, -0.05) is 0 Å². The highest BCUT2D eigenvalue weighted by Gasteiger charge is 2.30. The molecule has 0 aromatic carbocycles. The number of aromatic nitrogens is 2. The van der Waals surface area contributed by atoms with Crippen molar-refractivity contribution in [3.8, 4) is 0 Å². The minimum Gasteiger partial charge on any atom is -0.468 e. The number of aryl methyl sites for hydroxylation is 1. The Morgan fingerprint density at radius 3 is 3.05 bits per heavy atom. The van der Waals surface area contributed by atoms with Crippen LogP contribution in [-0.4, -0.2) is 34.4 Å². The molecule has 1 saturated carbocycles. The van der Waals surface area contributed by atoms with Crippen LogP contribution in [0.5, 0.6) is 0 Å². The second-order valence-corrected chi connectivity index (χ2v) is 6.61. The van der Waals surface area contributed by atoms with Gasteiger partial charge in [0.1, 0.15) is 5.76 Å². The Bertz CT molecular complexity index is 616. The summed E-state index contributed by atoms with van der Waals surface area (Å²) < 4.78 is 13.5. The van der Waals surface area contributed by atoms with E-state index in [1.54, 1.807) is 6.26 Å². The molecule has 0 bridgehead atoms. The third-order valence-corrected chi connectivity index (χ3v) is 4.65. The van der Waals surface area contributed by atoms with Gasteiger partial charge in [-0.2, -0.15) is 5.10 Å². The first-order chi connectivity index (χ1) is 10.8. The molecule has 0 unspecified atom stereocenters. The predicted octanol–water partition coefficient (Wildman–Crippen LogP) is 2.54. The van der Waals surface area contributed by atoms with E-state index in [1.807, 2.05) is 30.1 Å². The second kappa shape index (κ2) is 5.89. The third-order valence-electron chi connectivity index (χ3n) is 4.65. The highest BCUT2D eigenvalue weighted by molar-refractivity contribution is 5.25. The summed E-state index contributed by atoms with van der Waals surface area (Å²) in [5, 5.41) is 4.45. The largest absolute Gasteiger partial charge is 0.468 e. The first-order valence-electron chi connectivity index (χ1n) is 8.13. The number of rotatable bonds is 6. The van der Waals surface area contributed by atoms with Crippen molar-refractivity contribution in [2.45, 2.75) is 31.8 Å². The summed E-state index contributed by atoms with van der Waals surface area (Å²) in [5.74, 6) is 2.23. The minimum absolute atomic E-state index is 0.393. The predicted molar refractivity (Wildman–Crippen MR) is 82.3 cm³/mol. The minimum atomic E-state index is 0.393. The number of furan rings is 1. The lowest BCUT2D eigenvalue weighted by atomic mass is 9.97. The maximum absolute atomic E-state index is 5.97. The molecule has 2 aromatic heterocycles. The van der Waals surface area contributed by atoms with E-state index >= 15 is 0 Å². The Hall–Kier alpha value is -1.59. The summed E-state index contributed by atoms with van der Waals surface area (Å²) in [5.41, 5.74) is 2.66. The average Bonchev–Trinajstić information content (AvgIpc) is 3.04. The van der Waals surface area contributed by atoms with E-state index < -0.39 is 0 Å². The fourth-order valence-electron chi connectivity index (χ4n) is 3.38. The fraction of sp³-hybridized carbons (Fsp3) is 0.588. The van der Waals surface area contributed by atoms with Crippen LogP contribution < -0.4 is 0 Å². The van der Waals surface area contributed by atoms with E-state index in [0.29, 0.717) is 5.92 Å². The first-order valence-corrected chi connectivity index (χ1v) is 8.13. The van der Waals surface area contributed by atoms with Crippen LogP contribution in [0.2, 0.25) is 0 Å². The average molecular weight is 301 g/mol. The lowest BCUT2D eigenvalue weighted by molar-refractivity contribution is 0.0853. The van der Waals surface area contributed by atoms with E-state index in [-0.39, 0.29) is 0 Å². The van der Waals surface area contributed by atoms with E-state index in [9.17, 15) is 0 Å². The molecule has 0 amide bonds. The summed E-state index contributed by atoms with van der Waals surface area (Å²) >= 11 is 0. The third kappa shape index (κ3) is 2.96. The van der Waals surface area contributed by atoms with Crippen LogP contribution in [0.1, 0.15) is 35.8 Å². The molecule has 1 atom stereocenters. The molecule has 2 aromatic rings. The van der Waals surface area contributed by atoms with Gasteiger partial charge in [-0.3, -0.25) is 9.58 Å². The molecule has 0 saturated heterocycles. The number of hydrogen-bond donors (Lipinski definition) is 0. The molecule has 1 fully saturated rings. The van der Waals surface area contributed by atoms with Crippen LogP contribution in [-0.2, 0) is 24.9 Å². The van der Waals surface area contributed by atoms with Crippen LogP contribution in [0.25, 0.3) is 0 Å². The molecular formula is C17H23N3O2. The van der Waals surface area contributed by atoms with Crippen LogP contribution in [0.15, 0.2) is 29.0 Å². The standard InChI is InChI=1S/C17H23N3O2/c1-19-17-14(7-18-19)8-20(10-16-3-2-6-22-16)9-15(17)12-21-11-13-4-5-13/h2-3,6-7,13,15H,4-5,8-12H2,1H3/t15-/m1/s1. The highest BCUT2D eigenvalue weighted by atomic mass is 16.5. The van der Waals surface area contributed by atoms with Crippen molar-refractivity contribution in [3.63, 3.8) is 0 Å². The molecule has 2 aliphatic rings. The summed E-state index contributed by atoms with van der Waals surface area (Å²) in [6.45, 7) is 4.49. The number of fused-ring (bicyclic) bond motifs is 1.